The lowest BCUT2D eigenvalue weighted by Gasteiger charge is -2.31. The Hall–Kier alpha value is -1.91. The predicted molar refractivity (Wildman–Crippen MR) is 76.0 cm³/mol. The number of aliphatic hydroxyl groups excluding tert-OH is 1. The standard InChI is InChI=1S/C16H18FNO2/c17-14-5-3-13(4-6-14)16(10-18,11-19)9-12-1-7-15(20)8-2-12/h1-8,19-20H,9-11,18H2. The smallest absolute Gasteiger partial charge is 0.123 e. The molecule has 0 radical (unpaired) electrons. The van der Waals surface area contributed by atoms with E-state index in [-0.39, 0.29) is 24.7 Å². The Morgan fingerprint density at radius 2 is 1.60 bits per heavy atom. The third kappa shape index (κ3) is 2.98. The second-order valence-corrected chi connectivity index (χ2v) is 4.99. The number of phenolic OH excluding ortho intramolecular Hbond substituents is 1. The van der Waals surface area contributed by atoms with E-state index in [1.54, 1.807) is 36.4 Å². The molecule has 0 saturated carbocycles. The Morgan fingerprint density at radius 3 is 2.10 bits per heavy atom. The van der Waals surface area contributed by atoms with Gasteiger partial charge in [0.25, 0.3) is 0 Å². The number of aliphatic hydroxyl groups is 1. The van der Waals surface area contributed by atoms with Crippen molar-refractivity contribution in [3.63, 3.8) is 0 Å². The third-order valence-electron chi connectivity index (χ3n) is 3.63. The first-order valence-electron chi connectivity index (χ1n) is 6.44. The highest BCUT2D eigenvalue weighted by molar-refractivity contribution is 5.33. The first kappa shape index (κ1) is 14.5. The van der Waals surface area contributed by atoms with Gasteiger partial charge in [-0.3, -0.25) is 0 Å². The number of hydrogen-bond donors (Lipinski definition) is 3. The van der Waals surface area contributed by atoms with E-state index in [0.717, 1.165) is 11.1 Å². The highest BCUT2D eigenvalue weighted by atomic mass is 19.1. The number of halogens is 1. The fourth-order valence-electron chi connectivity index (χ4n) is 2.31. The molecule has 3 nitrogen and oxygen atoms in total. The van der Waals surface area contributed by atoms with Gasteiger partial charge < -0.3 is 15.9 Å². The predicted octanol–water partition coefficient (Wildman–Crippen LogP) is 1.96. The maximum Gasteiger partial charge on any atom is 0.123 e. The maximum atomic E-state index is 13.0. The van der Waals surface area contributed by atoms with Gasteiger partial charge in [0.05, 0.1) is 6.61 Å². The number of phenols is 1. The second kappa shape index (κ2) is 6.03. The van der Waals surface area contributed by atoms with E-state index in [1.807, 2.05) is 0 Å². The van der Waals surface area contributed by atoms with Gasteiger partial charge in [0.15, 0.2) is 0 Å². The Balaban J connectivity index is 2.33. The fourth-order valence-corrected chi connectivity index (χ4v) is 2.31. The van der Waals surface area contributed by atoms with Crippen molar-refractivity contribution in [2.75, 3.05) is 13.2 Å². The monoisotopic (exact) mass is 275 g/mol. The topological polar surface area (TPSA) is 66.5 Å². The number of aromatic hydroxyl groups is 1. The summed E-state index contributed by atoms with van der Waals surface area (Å²) < 4.78 is 13.0. The van der Waals surface area contributed by atoms with E-state index >= 15 is 0 Å². The molecule has 106 valence electrons. The molecule has 0 aliphatic heterocycles. The van der Waals surface area contributed by atoms with Crippen LogP contribution in [0.5, 0.6) is 5.75 Å². The molecule has 4 heteroatoms. The lowest BCUT2D eigenvalue weighted by Crippen LogP contribution is -2.41. The Morgan fingerprint density at radius 1 is 1.00 bits per heavy atom. The van der Waals surface area contributed by atoms with E-state index in [0.29, 0.717) is 6.42 Å². The molecule has 0 bridgehead atoms. The lowest BCUT2D eigenvalue weighted by molar-refractivity contribution is 0.196. The van der Waals surface area contributed by atoms with Crippen LogP contribution in [0, 0.1) is 5.82 Å². The van der Waals surface area contributed by atoms with Gasteiger partial charge in [0.1, 0.15) is 11.6 Å². The zero-order chi connectivity index (χ0) is 14.6. The zero-order valence-electron chi connectivity index (χ0n) is 11.1. The van der Waals surface area contributed by atoms with E-state index in [2.05, 4.69) is 0 Å². The minimum atomic E-state index is -0.648. The van der Waals surface area contributed by atoms with Gasteiger partial charge in [0, 0.05) is 12.0 Å². The van der Waals surface area contributed by atoms with Gasteiger partial charge in [-0.15, -0.1) is 0 Å². The number of benzene rings is 2. The quantitative estimate of drug-likeness (QED) is 0.781. The Bertz CT molecular complexity index is 548. The summed E-state index contributed by atoms with van der Waals surface area (Å²) >= 11 is 0. The number of rotatable bonds is 5. The molecule has 20 heavy (non-hydrogen) atoms. The molecule has 0 aromatic heterocycles. The normalized spacial score (nSPS) is 13.9. The Kier molecular flexibility index (Phi) is 4.37. The molecule has 2 aromatic rings. The van der Waals surface area contributed by atoms with Crippen LogP contribution < -0.4 is 5.73 Å². The summed E-state index contributed by atoms with van der Waals surface area (Å²) in [7, 11) is 0. The minimum Gasteiger partial charge on any atom is -0.508 e. The summed E-state index contributed by atoms with van der Waals surface area (Å²) in [6, 6.07) is 12.8. The molecule has 0 spiro atoms. The molecule has 0 fully saturated rings. The van der Waals surface area contributed by atoms with Crippen LogP contribution in [-0.4, -0.2) is 23.4 Å². The van der Waals surface area contributed by atoms with Gasteiger partial charge in [-0.2, -0.15) is 0 Å². The van der Waals surface area contributed by atoms with E-state index in [9.17, 15) is 14.6 Å². The maximum absolute atomic E-state index is 13.0. The second-order valence-electron chi connectivity index (χ2n) is 4.99. The average Bonchev–Trinajstić information content (AvgIpc) is 2.48. The van der Waals surface area contributed by atoms with Crippen molar-refractivity contribution in [3.05, 3.63) is 65.5 Å². The first-order chi connectivity index (χ1) is 9.59. The van der Waals surface area contributed by atoms with E-state index in [1.165, 1.54) is 12.1 Å². The third-order valence-corrected chi connectivity index (χ3v) is 3.63. The highest BCUT2D eigenvalue weighted by Crippen LogP contribution is 2.28. The number of hydrogen-bond acceptors (Lipinski definition) is 3. The molecular weight excluding hydrogens is 257 g/mol. The van der Waals surface area contributed by atoms with Gasteiger partial charge in [-0.25, -0.2) is 4.39 Å². The Labute approximate surface area is 117 Å². The van der Waals surface area contributed by atoms with E-state index < -0.39 is 5.41 Å². The summed E-state index contributed by atoms with van der Waals surface area (Å²) in [6.45, 7) is 0.117. The van der Waals surface area contributed by atoms with Crippen molar-refractivity contribution in [2.45, 2.75) is 11.8 Å². The van der Waals surface area contributed by atoms with Crippen molar-refractivity contribution in [3.8, 4) is 5.75 Å². The van der Waals surface area contributed by atoms with Crippen molar-refractivity contribution in [2.24, 2.45) is 5.73 Å². The van der Waals surface area contributed by atoms with Crippen LogP contribution in [0.4, 0.5) is 4.39 Å². The first-order valence-corrected chi connectivity index (χ1v) is 6.44. The molecule has 0 aliphatic carbocycles. The summed E-state index contributed by atoms with van der Waals surface area (Å²) in [4.78, 5) is 0. The molecule has 2 rings (SSSR count). The van der Waals surface area contributed by atoms with Crippen molar-refractivity contribution < 1.29 is 14.6 Å². The van der Waals surface area contributed by atoms with Crippen molar-refractivity contribution in [1.29, 1.82) is 0 Å². The van der Waals surface area contributed by atoms with Crippen LogP contribution in [0.25, 0.3) is 0 Å². The van der Waals surface area contributed by atoms with Crippen LogP contribution in [0.3, 0.4) is 0 Å². The van der Waals surface area contributed by atoms with Gasteiger partial charge in [-0.1, -0.05) is 24.3 Å². The minimum absolute atomic E-state index is 0.129. The zero-order valence-corrected chi connectivity index (χ0v) is 11.1. The van der Waals surface area contributed by atoms with Gasteiger partial charge in [-0.05, 0) is 41.8 Å². The molecule has 0 aliphatic rings. The molecule has 4 N–H and O–H groups in total. The molecule has 1 atom stereocenters. The van der Waals surface area contributed by atoms with Gasteiger partial charge in [0.2, 0.25) is 0 Å². The average molecular weight is 275 g/mol. The van der Waals surface area contributed by atoms with Crippen LogP contribution in [0.2, 0.25) is 0 Å². The van der Waals surface area contributed by atoms with E-state index in [4.69, 9.17) is 5.73 Å². The van der Waals surface area contributed by atoms with Crippen LogP contribution >= 0.6 is 0 Å². The van der Waals surface area contributed by atoms with Crippen LogP contribution in [0.1, 0.15) is 11.1 Å². The summed E-state index contributed by atoms with van der Waals surface area (Å²) in [6.07, 6.45) is 0.520. The molecule has 0 amide bonds. The van der Waals surface area contributed by atoms with Crippen LogP contribution in [0.15, 0.2) is 48.5 Å². The molecule has 1 unspecified atom stereocenters. The molecule has 2 aromatic carbocycles. The lowest BCUT2D eigenvalue weighted by atomic mass is 9.76. The van der Waals surface area contributed by atoms with Crippen molar-refractivity contribution >= 4 is 0 Å². The molecule has 0 saturated heterocycles. The van der Waals surface area contributed by atoms with Gasteiger partial charge >= 0.3 is 0 Å². The summed E-state index contributed by atoms with van der Waals surface area (Å²) in [5.41, 5.74) is 6.97. The van der Waals surface area contributed by atoms with Crippen LogP contribution in [-0.2, 0) is 11.8 Å². The summed E-state index contributed by atoms with van der Waals surface area (Å²) in [5, 5.41) is 19.1. The number of nitrogens with two attached hydrogens (primary N) is 1. The fraction of sp³-hybridized carbons (Fsp3) is 0.250. The molecular formula is C16H18FNO2. The summed E-state index contributed by atoms with van der Waals surface area (Å²) in [5.74, 6) is -0.125. The van der Waals surface area contributed by atoms with Crippen molar-refractivity contribution in [1.82, 2.24) is 0 Å². The highest BCUT2D eigenvalue weighted by Gasteiger charge is 2.30. The largest absolute Gasteiger partial charge is 0.508 e. The molecule has 0 heterocycles. The SMILES string of the molecule is NCC(CO)(Cc1ccc(O)cc1)c1ccc(F)cc1.